The SMILES string of the molecule is Fc1ccc(NCc2ncc[nH]2)c(Cl)c1. The number of hydrogen-bond acceptors (Lipinski definition) is 2. The quantitative estimate of drug-likeness (QED) is 0.843. The van der Waals surface area contributed by atoms with Gasteiger partial charge in [0.2, 0.25) is 0 Å². The number of nitrogens with one attached hydrogen (secondary N) is 2. The molecule has 0 unspecified atom stereocenters. The van der Waals surface area contributed by atoms with E-state index in [2.05, 4.69) is 15.3 Å². The number of imidazole rings is 1. The smallest absolute Gasteiger partial charge is 0.125 e. The van der Waals surface area contributed by atoms with Crippen LogP contribution in [0.5, 0.6) is 0 Å². The van der Waals surface area contributed by atoms with Gasteiger partial charge >= 0.3 is 0 Å². The second-order valence-corrected chi connectivity index (χ2v) is 3.42. The van der Waals surface area contributed by atoms with Gasteiger partial charge in [-0.3, -0.25) is 0 Å². The van der Waals surface area contributed by atoms with Crippen LogP contribution in [-0.4, -0.2) is 9.97 Å². The van der Waals surface area contributed by atoms with Gasteiger partial charge in [-0.05, 0) is 18.2 Å². The first-order valence-electron chi connectivity index (χ1n) is 4.43. The summed E-state index contributed by atoms with van der Waals surface area (Å²) in [5.41, 5.74) is 0.689. The summed E-state index contributed by atoms with van der Waals surface area (Å²) in [6.07, 6.45) is 3.41. The van der Waals surface area contributed by atoms with E-state index in [-0.39, 0.29) is 5.82 Å². The van der Waals surface area contributed by atoms with Crippen LogP contribution in [0.25, 0.3) is 0 Å². The van der Waals surface area contributed by atoms with Gasteiger partial charge in [0.05, 0.1) is 17.3 Å². The lowest BCUT2D eigenvalue weighted by atomic mass is 10.3. The molecule has 0 saturated heterocycles. The number of benzene rings is 1. The van der Waals surface area contributed by atoms with Crippen molar-refractivity contribution in [2.75, 3.05) is 5.32 Å². The molecule has 0 aliphatic carbocycles. The predicted octanol–water partition coefficient (Wildman–Crippen LogP) is 2.81. The number of hydrogen-bond donors (Lipinski definition) is 2. The molecule has 2 rings (SSSR count). The molecule has 2 N–H and O–H groups in total. The summed E-state index contributed by atoms with van der Waals surface area (Å²) in [5, 5.41) is 3.41. The van der Waals surface area contributed by atoms with Crippen molar-refractivity contribution in [1.29, 1.82) is 0 Å². The van der Waals surface area contributed by atoms with E-state index in [1.54, 1.807) is 18.5 Å². The lowest BCUT2D eigenvalue weighted by molar-refractivity contribution is 0.628. The summed E-state index contributed by atoms with van der Waals surface area (Å²) in [6, 6.07) is 4.23. The molecule has 78 valence electrons. The normalized spacial score (nSPS) is 10.3. The molecule has 3 nitrogen and oxygen atoms in total. The largest absolute Gasteiger partial charge is 0.377 e. The summed E-state index contributed by atoms with van der Waals surface area (Å²) in [4.78, 5) is 6.99. The predicted molar refractivity (Wildman–Crippen MR) is 57.3 cm³/mol. The number of aromatic amines is 1. The van der Waals surface area contributed by atoms with Crippen molar-refractivity contribution in [3.05, 3.63) is 47.3 Å². The number of aromatic nitrogens is 2. The summed E-state index contributed by atoms with van der Waals surface area (Å²) in [7, 11) is 0. The maximum absolute atomic E-state index is 12.7. The standard InChI is InChI=1S/C10H9ClFN3/c11-8-5-7(12)1-2-9(8)15-6-10-13-3-4-14-10/h1-5,15H,6H2,(H,13,14). The van der Waals surface area contributed by atoms with E-state index in [9.17, 15) is 4.39 Å². The van der Waals surface area contributed by atoms with Crippen LogP contribution in [0, 0.1) is 5.82 Å². The summed E-state index contributed by atoms with van der Waals surface area (Å²) in [6.45, 7) is 0.526. The zero-order chi connectivity index (χ0) is 10.7. The van der Waals surface area contributed by atoms with Crippen LogP contribution in [0.15, 0.2) is 30.6 Å². The van der Waals surface area contributed by atoms with Crippen molar-refractivity contribution >= 4 is 17.3 Å². The van der Waals surface area contributed by atoms with E-state index in [0.29, 0.717) is 17.3 Å². The molecule has 0 spiro atoms. The zero-order valence-electron chi connectivity index (χ0n) is 7.80. The third-order valence-corrected chi connectivity index (χ3v) is 2.24. The maximum atomic E-state index is 12.7. The van der Waals surface area contributed by atoms with Gasteiger partial charge in [0.1, 0.15) is 11.6 Å². The van der Waals surface area contributed by atoms with Crippen molar-refractivity contribution in [3.8, 4) is 0 Å². The highest BCUT2D eigenvalue weighted by molar-refractivity contribution is 6.33. The monoisotopic (exact) mass is 225 g/mol. The van der Waals surface area contributed by atoms with Gasteiger partial charge in [-0.15, -0.1) is 0 Å². The molecule has 0 saturated carbocycles. The number of anilines is 1. The average molecular weight is 226 g/mol. The van der Waals surface area contributed by atoms with Crippen molar-refractivity contribution in [3.63, 3.8) is 0 Å². The highest BCUT2D eigenvalue weighted by Gasteiger charge is 2.01. The Balaban J connectivity index is 2.05. The Hall–Kier alpha value is -1.55. The van der Waals surface area contributed by atoms with E-state index < -0.39 is 0 Å². The molecule has 0 bridgehead atoms. The van der Waals surface area contributed by atoms with Crippen LogP contribution in [0.2, 0.25) is 5.02 Å². The first-order chi connectivity index (χ1) is 7.25. The number of nitrogens with zero attached hydrogens (tertiary/aromatic N) is 1. The second-order valence-electron chi connectivity index (χ2n) is 3.01. The zero-order valence-corrected chi connectivity index (χ0v) is 8.55. The van der Waals surface area contributed by atoms with Gasteiger partial charge in [0.25, 0.3) is 0 Å². The van der Waals surface area contributed by atoms with Crippen molar-refractivity contribution in [2.24, 2.45) is 0 Å². The van der Waals surface area contributed by atoms with Gasteiger partial charge < -0.3 is 10.3 Å². The fourth-order valence-corrected chi connectivity index (χ4v) is 1.44. The Bertz CT molecular complexity index is 442. The number of H-pyrrole nitrogens is 1. The van der Waals surface area contributed by atoms with E-state index in [1.807, 2.05) is 0 Å². The molecular formula is C10H9ClFN3. The Morgan fingerprint density at radius 2 is 2.33 bits per heavy atom. The minimum absolute atomic E-state index is 0.344. The fourth-order valence-electron chi connectivity index (χ4n) is 1.21. The molecule has 0 radical (unpaired) electrons. The summed E-state index contributed by atoms with van der Waals surface area (Å²) < 4.78 is 12.7. The average Bonchev–Trinajstić information content (AvgIpc) is 2.69. The lowest BCUT2D eigenvalue weighted by Gasteiger charge is -2.06. The van der Waals surface area contributed by atoms with Gasteiger partial charge in [0.15, 0.2) is 0 Å². The molecule has 1 heterocycles. The van der Waals surface area contributed by atoms with Gasteiger partial charge in [0, 0.05) is 12.4 Å². The van der Waals surface area contributed by atoms with Crippen LogP contribution < -0.4 is 5.32 Å². The molecule has 5 heteroatoms. The second kappa shape index (κ2) is 4.31. The highest BCUT2D eigenvalue weighted by atomic mass is 35.5. The minimum Gasteiger partial charge on any atom is -0.377 e. The first kappa shape index (κ1) is 9.98. The Labute approximate surface area is 91.3 Å². The Kier molecular flexibility index (Phi) is 2.87. The maximum Gasteiger partial charge on any atom is 0.125 e. The molecule has 0 fully saturated rings. The van der Waals surface area contributed by atoms with Crippen LogP contribution in [0.1, 0.15) is 5.82 Å². The van der Waals surface area contributed by atoms with Crippen LogP contribution in [0.4, 0.5) is 10.1 Å². The van der Waals surface area contributed by atoms with Crippen molar-refractivity contribution in [1.82, 2.24) is 9.97 Å². The van der Waals surface area contributed by atoms with E-state index in [0.717, 1.165) is 5.82 Å². The Morgan fingerprint density at radius 3 is 3.00 bits per heavy atom. The van der Waals surface area contributed by atoms with Gasteiger partial charge in [-0.2, -0.15) is 0 Å². The minimum atomic E-state index is -0.344. The molecule has 15 heavy (non-hydrogen) atoms. The molecule has 1 aromatic carbocycles. The molecule has 0 amide bonds. The number of halogens is 2. The summed E-state index contributed by atoms with van der Waals surface area (Å²) in [5.74, 6) is 0.457. The number of rotatable bonds is 3. The van der Waals surface area contributed by atoms with E-state index in [4.69, 9.17) is 11.6 Å². The van der Waals surface area contributed by atoms with Crippen molar-refractivity contribution < 1.29 is 4.39 Å². The third kappa shape index (κ3) is 2.47. The first-order valence-corrected chi connectivity index (χ1v) is 4.80. The highest BCUT2D eigenvalue weighted by Crippen LogP contribution is 2.22. The summed E-state index contributed by atoms with van der Waals surface area (Å²) >= 11 is 5.84. The van der Waals surface area contributed by atoms with Crippen LogP contribution in [0.3, 0.4) is 0 Å². The lowest BCUT2D eigenvalue weighted by Crippen LogP contribution is -2.01. The van der Waals surface area contributed by atoms with E-state index >= 15 is 0 Å². The molecule has 0 aliphatic rings. The topological polar surface area (TPSA) is 40.7 Å². The third-order valence-electron chi connectivity index (χ3n) is 1.93. The molecule has 1 aromatic heterocycles. The molecule has 0 aliphatic heterocycles. The van der Waals surface area contributed by atoms with Gasteiger partial charge in [-0.25, -0.2) is 9.37 Å². The molecule has 2 aromatic rings. The molecular weight excluding hydrogens is 217 g/mol. The van der Waals surface area contributed by atoms with Crippen LogP contribution >= 0.6 is 11.6 Å². The van der Waals surface area contributed by atoms with E-state index in [1.165, 1.54) is 12.1 Å². The van der Waals surface area contributed by atoms with Crippen LogP contribution in [-0.2, 0) is 6.54 Å². The fraction of sp³-hybridized carbons (Fsp3) is 0.100. The molecule has 0 atom stereocenters. The Morgan fingerprint density at radius 1 is 1.47 bits per heavy atom. The van der Waals surface area contributed by atoms with Crippen molar-refractivity contribution in [2.45, 2.75) is 6.54 Å². The van der Waals surface area contributed by atoms with Gasteiger partial charge in [-0.1, -0.05) is 11.6 Å².